The van der Waals surface area contributed by atoms with Crippen LogP contribution < -0.4 is 0 Å². The molecule has 35 heavy (non-hydrogen) atoms. The lowest BCUT2D eigenvalue weighted by Gasteiger charge is -2.37. The van der Waals surface area contributed by atoms with Gasteiger partial charge in [-0.2, -0.15) is 0 Å². The number of phosphoric ester groups is 1. The number of rotatable bonds is 19. The van der Waals surface area contributed by atoms with Gasteiger partial charge in [-0.3, -0.25) is 9.05 Å². The Balaban J connectivity index is 1.44. The fraction of sp³-hybridized carbons (Fsp3) is 0.929. The van der Waals surface area contributed by atoms with Gasteiger partial charge < -0.3 is 14.1 Å². The maximum Gasteiger partial charge on any atom is 0.472 e. The summed E-state index contributed by atoms with van der Waals surface area (Å²) in [5.41, 5.74) is 1.58. The number of unbranched alkanes of at least 4 members (excludes halogenated alkanes) is 9. The Morgan fingerprint density at radius 3 is 2.14 bits per heavy atom. The van der Waals surface area contributed by atoms with Crippen LogP contribution in [0.2, 0.25) is 0 Å². The van der Waals surface area contributed by atoms with Crippen LogP contribution in [-0.2, 0) is 18.3 Å². The molecular formula is C28H55NO5P+. The molecule has 0 aromatic carbocycles. The number of phosphoric acid groups is 1. The van der Waals surface area contributed by atoms with Gasteiger partial charge in [-0.25, -0.2) is 4.57 Å². The molecule has 1 aliphatic carbocycles. The summed E-state index contributed by atoms with van der Waals surface area (Å²) in [6.45, 7) is 5.94. The summed E-state index contributed by atoms with van der Waals surface area (Å²) in [4.78, 5) is 9.93. The fourth-order valence-electron chi connectivity index (χ4n) is 5.37. The first-order valence-corrected chi connectivity index (χ1v) is 16.2. The number of hydrogen-bond acceptors (Lipinski definition) is 4. The smallest absolute Gasteiger partial charge is 0.376 e. The highest BCUT2D eigenvalue weighted by molar-refractivity contribution is 7.47. The maximum absolute atomic E-state index is 12.1. The SMILES string of the molecule is CCCCCCCCCCCC=C1CCC(OCCOP(=O)(O)OCC[N+]2(C)CCCCC2)CC1. The van der Waals surface area contributed by atoms with E-state index in [2.05, 4.69) is 20.0 Å². The van der Waals surface area contributed by atoms with Gasteiger partial charge in [-0.1, -0.05) is 69.9 Å². The molecular weight excluding hydrogens is 461 g/mol. The number of allylic oxidation sites excluding steroid dienone is 2. The summed E-state index contributed by atoms with van der Waals surface area (Å²) in [5.74, 6) is 0. The molecule has 0 radical (unpaired) electrons. The Morgan fingerprint density at radius 1 is 0.886 bits per heavy atom. The molecule has 6 nitrogen and oxygen atoms in total. The molecule has 1 unspecified atom stereocenters. The lowest BCUT2D eigenvalue weighted by molar-refractivity contribution is -0.914. The van der Waals surface area contributed by atoms with E-state index < -0.39 is 7.82 Å². The number of quaternary nitrogens is 1. The average Bonchev–Trinajstić information content (AvgIpc) is 2.84. The van der Waals surface area contributed by atoms with E-state index in [1.54, 1.807) is 5.57 Å². The monoisotopic (exact) mass is 516 g/mol. The van der Waals surface area contributed by atoms with Gasteiger partial charge in [-0.05, 0) is 57.8 Å². The van der Waals surface area contributed by atoms with E-state index in [0.29, 0.717) is 6.61 Å². The third-order valence-electron chi connectivity index (χ3n) is 7.79. The average molecular weight is 517 g/mol. The second-order valence-corrected chi connectivity index (χ2v) is 12.5. The third-order valence-corrected chi connectivity index (χ3v) is 8.81. The highest BCUT2D eigenvalue weighted by Crippen LogP contribution is 2.43. The summed E-state index contributed by atoms with van der Waals surface area (Å²) in [7, 11) is -1.80. The van der Waals surface area contributed by atoms with Crippen LogP contribution in [0.3, 0.4) is 0 Å². The molecule has 206 valence electrons. The molecule has 1 saturated heterocycles. The molecule has 2 aliphatic rings. The summed E-state index contributed by atoms with van der Waals surface area (Å²) in [6, 6.07) is 0. The van der Waals surface area contributed by atoms with Gasteiger partial charge >= 0.3 is 7.82 Å². The van der Waals surface area contributed by atoms with Crippen molar-refractivity contribution in [1.29, 1.82) is 0 Å². The first-order valence-electron chi connectivity index (χ1n) is 14.7. The molecule has 1 N–H and O–H groups in total. The molecule has 0 aromatic heterocycles. The summed E-state index contributed by atoms with van der Waals surface area (Å²) in [5, 5.41) is 0. The Kier molecular flexibility index (Phi) is 16.0. The Labute approximate surface area is 216 Å². The summed E-state index contributed by atoms with van der Waals surface area (Å²) >= 11 is 0. The lowest BCUT2D eigenvalue weighted by atomic mass is 9.91. The molecule has 0 spiro atoms. The summed E-state index contributed by atoms with van der Waals surface area (Å²) < 4.78 is 29.3. The van der Waals surface area contributed by atoms with Crippen molar-refractivity contribution in [2.24, 2.45) is 0 Å². The van der Waals surface area contributed by atoms with Gasteiger partial charge in [0.05, 0.1) is 39.5 Å². The van der Waals surface area contributed by atoms with Crippen LogP contribution >= 0.6 is 7.82 Å². The van der Waals surface area contributed by atoms with Gasteiger partial charge in [0.2, 0.25) is 0 Å². The number of likely N-dealkylation sites (N-methyl/N-ethyl adjacent to an activating group) is 1. The molecule has 1 heterocycles. The predicted octanol–water partition coefficient (Wildman–Crippen LogP) is 7.56. The van der Waals surface area contributed by atoms with Crippen LogP contribution in [0.1, 0.15) is 116 Å². The zero-order chi connectivity index (χ0) is 25.2. The van der Waals surface area contributed by atoms with E-state index in [9.17, 15) is 9.46 Å². The van der Waals surface area contributed by atoms with Crippen LogP contribution in [-0.4, -0.2) is 62.0 Å². The van der Waals surface area contributed by atoms with E-state index >= 15 is 0 Å². The van der Waals surface area contributed by atoms with Crippen molar-refractivity contribution in [2.75, 3.05) is 46.5 Å². The molecule has 0 bridgehead atoms. The van der Waals surface area contributed by atoms with Crippen LogP contribution in [0.25, 0.3) is 0 Å². The highest BCUT2D eigenvalue weighted by atomic mass is 31.2. The van der Waals surface area contributed by atoms with Crippen LogP contribution in [0.4, 0.5) is 0 Å². The second kappa shape index (κ2) is 18.1. The fourth-order valence-corrected chi connectivity index (χ4v) is 6.07. The zero-order valence-electron chi connectivity index (χ0n) is 22.9. The molecule has 1 saturated carbocycles. The van der Waals surface area contributed by atoms with E-state index in [0.717, 1.165) is 49.8 Å². The molecule has 0 aromatic rings. The Bertz CT molecular complexity index is 610. The second-order valence-electron chi connectivity index (χ2n) is 11.0. The molecule has 2 fully saturated rings. The number of piperidine rings is 1. The highest BCUT2D eigenvalue weighted by Gasteiger charge is 2.27. The van der Waals surface area contributed by atoms with Crippen LogP contribution in [0.5, 0.6) is 0 Å². The topological polar surface area (TPSA) is 65.0 Å². The van der Waals surface area contributed by atoms with Gasteiger partial charge in [0.15, 0.2) is 0 Å². The van der Waals surface area contributed by atoms with Crippen LogP contribution in [0.15, 0.2) is 11.6 Å². The van der Waals surface area contributed by atoms with Crippen molar-refractivity contribution in [1.82, 2.24) is 0 Å². The van der Waals surface area contributed by atoms with Crippen molar-refractivity contribution in [3.05, 3.63) is 11.6 Å². The Morgan fingerprint density at radius 2 is 1.49 bits per heavy atom. The third kappa shape index (κ3) is 14.9. The van der Waals surface area contributed by atoms with Gasteiger partial charge in [0, 0.05) is 0 Å². The minimum Gasteiger partial charge on any atom is -0.376 e. The molecule has 0 amide bonds. The molecule has 2 rings (SSSR count). The minimum absolute atomic E-state index is 0.0949. The first kappa shape index (κ1) is 31.0. The normalized spacial score (nSPS) is 22.1. The molecule has 1 atom stereocenters. The van der Waals surface area contributed by atoms with Crippen LogP contribution in [0, 0.1) is 0 Å². The van der Waals surface area contributed by atoms with E-state index in [-0.39, 0.29) is 19.3 Å². The van der Waals surface area contributed by atoms with Crippen molar-refractivity contribution in [3.8, 4) is 0 Å². The summed E-state index contributed by atoms with van der Waals surface area (Å²) in [6.07, 6.45) is 24.4. The number of likely N-dealkylation sites (tertiary alicyclic amines) is 1. The lowest BCUT2D eigenvalue weighted by Crippen LogP contribution is -2.49. The van der Waals surface area contributed by atoms with Crippen molar-refractivity contribution >= 4 is 7.82 Å². The van der Waals surface area contributed by atoms with Gasteiger partial charge in [0.25, 0.3) is 0 Å². The van der Waals surface area contributed by atoms with Crippen molar-refractivity contribution < 1.29 is 27.7 Å². The quantitative estimate of drug-likeness (QED) is 0.0831. The minimum atomic E-state index is -4.00. The Hall–Kier alpha value is -0.230. The first-order chi connectivity index (χ1) is 16.9. The van der Waals surface area contributed by atoms with Crippen molar-refractivity contribution in [3.63, 3.8) is 0 Å². The van der Waals surface area contributed by atoms with Gasteiger partial charge in [-0.15, -0.1) is 0 Å². The zero-order valence-corrected chi connectivity index (χ0v) is 23.8. The predicted molar refractivity (Wildman–Crippen MR) is 145 cm³/mol. The van der Waals surface area contributed by atoms with E-state index in [4.69, 9.17) is 13.8 Å². The number of ether oxygens (including phenoxy) is 1. The maximum atomic E-state index is 12.1. The van der Waals surface area contributed by atoms with Gasteiger partial charge in [0.1, 0.15) is 13.2 Å². The molecule has 7 heteroatoms. The molecule has 1 aliphatic heterocycles. The van der Waals surface area contributed by atoms with Crippen molar-refractivity contribution in [2.45, 2.75) is 122 Å². The van der Waals surface area contributed by atoms with E-state index in [1.807, 2.05) is 0 Å². The number of hydrogen-bond donors (Lipinski definition) is 1. The standard InChI is InChI=1S/C28H54NO5P/c1-3-4-5-6-7-8-9-10-11-13-16-27-17-19-28(20-18-27)32-25-26-34-35(30,31)33-24-23-29(2)21-14-12-15-22-29/h16,28H,3-15,17-26H2,1-2H3/p+1. The largest absolute Gasteiger partial charge is 0.472 e. The number of nitrogens with zero attached hydrogens (tertiary/aromatic N) is 1. The van der Waals surface area contributed by atoms with E-state index in [1.165, 1.54) is 83.5 Å².